The van der Waals surface area contributed by atoms with Gasteiger partial charge in [0.15, 0.2) is 0 Å². The molecule has 2 atom stereocenters. The molecule has 0 aliphatic heterocycles. The molecule has 2 rings (SSSR count). The van der Waals surface area contributed by atoms with Crippen LogP contribution in [0.15, 0.2) is 0 Å². The molecule has 11 heavy (non-hydrogen) atoms. The summed E-state index contributed by atoms with van der Waals surface area (Å²) in [6.45, 7) is 0. The molecule has 2 nitrogen and oxygen atoms in total. The highest BCUT2D eigenvalue weighted by atomic mass is 19.3. The van der Waals surface area contributed by atoms with Crippen LogP contribution in [-0.2, 0) is 4.79 Å². The number of hydrogen-bond acceptors (Lipinski definition) is 1. The molecule has 2 unspecified atom stereocenters. The van der Waals surface area contributed by atoms with E-state index < -0.39 is 23.7 Å². The molecule has 2 fully saturated rings. The van der Waals surface area contributed by atoms with Crippen LogP contribution in [-0.4, -0.2) is 17.0 Å². The van der Waals surface area contributed by atoms with Gasteiger partial charge in [-0.2, -0.15) is 0 Å². The number of alkyl halides is 2. The van der Waals surface area contributed by atoms with Gasteiger partial charge < -0.3 is 5.11 Å². The summed E-state index contributed by atoms with van der Waals surface area (Å²) in [5.74, 6) is -6.49. The van der Waals surface area contributed by atoms with Gasteiger partial charge >= 0.3 is 5.97 Å². The highest BCUT2D eigenvalue weighted by Crippen LogP contribution is 2.64. The first kappa shape index (κ1) is 7.00. The van der Waals surface area contributed by atoms with E-state index in [9.17, 15) is 13.6 Å². The van der Waals surface area contributed by atoms with E-state index in [1.807, 2.05) is 0 Å². The van der Waals surface area contributed by atoms with Crippen LogP contribution in [0.1, 0.15) is 12.8 Å². The number of carboxylic acids is 1. The van der Waals surface area contributed by atoms with Crippen molar-refractivity contribution < 1.29 is 18.7 Å². The van der Waals surface area contributed by atoms with Gasteiger partial charge in [-0.15, -0.1) is 0 Å². The number of carboxylic acid groups (broad SMARTS) is 1. The Labute approximate surface area is 62.2 Å². The van der Waals surface area contributed by atoms with E-state index in [2.05, 4.69) is 0 Å². The molecular weight excluding hydrogens is 154 g/mol. The standard InChI is InChI=1S/C7H8F2O2/c8-7(9)4(3-1-2-3)5(7)6(10)11/h3-5H,1-2H2,(H,10,11). The summed E-state index contributed by atoms with van der Waals surface area (Å²) in [6, 6.07) is 0. The summed E-state index contributed by atoms with van der Waals surface area (Å²) in [6.07, 6.45) is 1.56. The van der Waals surface area contributed by atoms with Gasteiger partial charge in [-0.05, 0) is 18.8 Å². The minimum absolute atomic E-state index is 0.00824. The quantitative estimate of drug-likeness (QED) is 0.665. The first-order chi connectivity index (χ1) is 5.05. The van der Waals surface area contributed by atoms with Gasteiger partial charge in [0.25, 0.3) is 5.92 Å². The van der Waals surface area contributed by atoms with Crippen molar-refractivity contribution >= 4 is 5.97 Å². The summed E-state index contributed by atoms with van der Waals surface area (Å²) in [5.41, 5.74) is 0. The van der Waals surface area contributed by atoms with Crippen molar-refractivity contribution in [3.05, 3.63) is 0 Å². The lowest BCUT2D eigenvalue weighted by molar-refractivity contribution is -0.140. The zero-order chi connectivity index (χ0) is 8.22. The average molecular weight is 162 g/mol. The molecule has 1 N–H and O–H groups in total. The molecule has 2 aliphatic rings. The third kappa shape index (κ3) is 0.847. The number of halogens is 2. The van der Waals surface area contributed by atoms with E-state index in [1.165, 1.54) is 0 Å². The third-order valence-corrected chi connectivity index (χ3v) is 2.51. The smallest absolute Gasteiger partial charge is 0.313 e. The van der Waals surface area contributed by atoms with E-state index in [4.69, 9.17) is 5.11 Å². The molecule has 0 aromatic heterocycles. The van der Waals surface area contributed by atoms with Crippen LogP contribution in [0.3, 0.4) is 0 Å². The highest BCUT2D eigenvalue weighted by molar-refractivity contribution is 5.76. The summed E-state index contributed by atoms with van der Waals surface area (Å²) in [7, 11) is 0. The van der Waals surface area contributed by atoms with Crippen LogP contribution >= 0.6 is 0 Å². The van der Waals surface area contributed by atoms with E-state index >= 15 is 0 Å². The zero-order valence-corrected chi connectivity index (χ0v) is 5.76. The SMILES string of the molecule is O=C(O)C1C(C2CC2)C1(F)F. The summed E-state index contributed by atoms with van der Waals surface area (Å²) in [4.78, 5) is 10.2. The molecule has 4 heteroatoms. The zero-order valence-electron chi connectivity index (χ0n) is 5.76. The maximum Gasteiger partial charge on any atom is 0.313 e. The fourth-order valence-corrected chi connectivity index (χ4v) is 1.71. The second-order valence-corrected chi connectivity index (χ2v) is 3.35. The van der Waals surface area contributed by atoms with Gasteiger partial charge in [-0.25, -0.2) is 8.78 Å². The summed E-state index contributed by atoms with van der Waals surface area (Å²) in [5, 5.41) is 8.36. The Morgan fingerprint density at radius 1 is 1.45 bits per heavy atom. The fourth-order valence-electron chi connectivity index (χ4n) is 1.71. The summed E-state index contributed by atoms with van der Waals surface area (Å²) >= 11 is 0. The van der Waals surface area contributed by atoms with Crippen LogP contribution < -0.4 is 0 Å². The minimum atomic E-state index is -2.91. The molecule has 0 radical (unpaired) electrons. The number of aliphatic carboxylic acids is 1. The molecule has 0 spiro atoms. The number of hydrogen-bond donors (Lipinski definition) is 1. The van der Waals surface area contributed by atoms with Crippen LogP contribution in [0.5, 0.6) is 0 Å². The topological polar surface area (TPSA) is 37.3 Å². The minimum Gasteiger partial charge on any atom is -0.481 e. The first-order valence-corrected chi connectivity index (χ1v) is 3.65. The Kier molecular flexibility index (Phi) is 1.10. The van der Waals surface area contributed by atoms with Gasteiger partial charge in [-0.1, -0.05) is 0 Å². The van der Waals surface area contributed by atoms with E-state index in [1.54, 1.807) is 0 Å². The van der Waals surface area contributed by atoms with Gasteiger partial charge in [0.1, 0.15) is 5.92 Å². The van der Waals surface area contributed by atoms with Crippen molar-refractivity contribution in [2.24, 2.45) is 17.8 Å². The average Bonchev–Trinajstić information content (AvgIpc) is 2.63. The summed E-state index contributed by atoms with van der Waals surface area (Å²) < 4.78 is 25.2. The lowest BCUT2D eigenvalue weighted by Crippen LogP contribution is -2.04. The number of rotatable bonds is 2. The molecule has 0 heterocycles. The monoisotopic (exact) mass is 162 g/mol. The molecule has 0 bridgehead atoms. The van der Waals surface area contributed by atoms with Crippen LogP contribution in [0.25, 0.3) is 0 Å². The lowest BCUT2D eigenvalue weighted by Gasteiger charge is -1.88. The molecule has 0 amide bonds. The predicted octanol–water partition coefficient (Wildman–Crippen LogP) is 1.36. The molecule has 0 saturated heterocycles. The highest BCUT2D eigenvalue weighted by Gasteiger charge is 2.75. The van der Waals surface area contributed by atoms with Crippen LogP contribution in [0, 0.1) is 17.8 Å². The van der Waals surface area contributed by atoms with Crippen LogP contribution in [0.2, 0.25) is 0 Å². The van der Waals surface area contributed by atoms with Crippen molar-refractivity contribution in [1.82, 2.24) is 0 Å². The molecule has 62 valence electrons. The van der Waals surface area contributed by atoms with Crippen molar-refractivity contribution in [3.63, 3.8) is 0 Å². The third-order valence-electron chi connectivity index (χ3n) is 2.51. The van der Waals surface area contributed by atoms with E-state index in [-0.39, 0.29) is 5.92 Å². The Morgan fingerprint density at radius 2 is 2.00 bits per heavy atom. The van der Waals surface area contributed by atoms with Crippen molar-refractivity contribution in [2.45, 2.75) is 18.8 Å². The molecule has 0 aromatic carbocycles. The second kappa shape index (κ2) is 1.73. The number of carbonyl (C=O) groups is 1. The Morgan fingerprint density at radius 3 is 2.27 bits per heavy atom. The maximum atomic E-state index is 12.6. The molecule has 0 aromatic rings. The first-order valence-electron chi connectivity index (χ1n) is 3.65. The lowest BCUT2D eigenvalue weighted by atomic mass is 10.2. The Hall–Kier alpha value is -0.670. The second-order valence-electron chi connectivity index (χ2n) is 3.35. The van der Waals surface area contributed by atoms with E-state index in [0.717, 1.165) is 12.8 Å². The maximum absolute atomic E-state index is 12.6. The Balaban J connectivity index is 2.08. The van der Waals surface area contributed by atoms with Crippen LogP contribution in [0.4, 0.5) is 8.78 Å². The van der Waals surface area contributed by atoms with Crippen molar-refractivity contribution in [2.75, 3.05) is 0 Å². The van der Waals surface area contributed by atoms with E-state index in [0.29, 0.717) is 0 Å². The molecule has 2 aliphatic carbocycles. The normalized spacial score (nSPS) is 40.2. The van der Waals surface area contributed by atoms with Gasteiger partial charge in [0.05, 0.1) is 0 Å². The molecular formula is C7H8F2O2. The fraction of sp³-hybridized carbons (Fsp3) is 0.857. The van der Waals surface area contributed by atoms with Gasteiger partial charge in [0, 0.05) is 5.92 Å². The Bertz CT molecular complexity index is 210. The largest absolute Gasteiger partial charge is 0.481 e. The van der Waals surface area contributed by atoms with Crippen molar-refractivity contribution in [1.29, 1.82) is 0 Å². The molecule has 2 saturated carbocycles. The predicted molar refractivity (Wildman–Crippen MR) is 32.3 cm³/mol. The van der Waals surface area contributed by atoms with Gasteiger partial charge in [0.2, 0.25) is 0 Å². The van der Waals surface area contributed by atoms with Gasteiger partial charge in [-0.3, -0.25) is 4.79 Å². The van der Waals surface area contributed by atoms with Crippen molar-refractivity contribution in [3.8, 4) is 0 Å².